The SMILES string of the molecule is CC(C)CC(NC(=O)c1ccc(C(C)(C)C)cc1)C(=O)N1CCC2C1C(=O)CN2C(=O)N1CCCC1. The first-order valence-electron chi connectivity index (χ1n) is 13.3. The minimum absolute atomic E-state index is 0.0185. The maximum atomic E-state index is 13.7. The average Bonchev–Trinajstić information content (AvgIpc) is 3.56. The Kier molecular flexibility index (Phi) is 7.43. The highest BCUT2D eigenvalue weighted by Gasteiger charge is 2.53. The molecule has 3 unspecified atom stereocenters. The molecule has 36 heavy (non-hydrogen) atoms. The lowest BCUT2D eigenvalue weighted by Crippen LogP contribution is -2.53. The number of rotatable bonds is 5. The van der Waals surface area contributed by atoms with Crippen LogP contribution in [0, 0.1) is 5.92 Å². The zero-order valence-corrected chi connectivity index (χ0v) is 22.3. The van der Waals surface area contributed by atoms with Gasteiger partial charge in [-0.15, -0.1) is 0 Å². The third-order valence-electron chi connectivity index (χ3n) is 7.65. The Morgan fingerprint density at radius 3 is 2.22 bits per heavy atom. The van der Waals surface area contributed by atoms with Crippen molar-refractivity contribution in [3.05, 3.63) is 35.4 Å². The Bertz CT molecular complexity index is 1010. The smallest absolute Gasteiger partial charge is 0.320 e. The number of fused-ring (bicyclic) bond motifs is 1. The van der Waals surface area contributed by atoms with E-state index in [1.54, 1.807) is 21.9 Å². The third-order valence-corrected chi connectivity index (χ3v) is 7.65. The fourth-order valence-corrected chi connectivity index (χ4v) is 5.67. The van der Waals surface area contributed by atoms with Crippen molar-refractivity contribution in [2.45, 2.75) is 83.8 Å². The molecule has 196 valence electrons. The Morgan fingerprint density at radius 2 is 1.64 bits per heavy atom. The minimum atomic E-state index is -0.727. The van der Waals surface area contributed by atoms with Crippen LogP contribution in [0.15, 0.2) is 24.3 Å². The second-order valence-corrected chi connectivity index (χ2v) is 11.9. The van der Waals surface area contributed by atoms with Gasteiger partial charge < -0.3 is 20.0 Å². The number of ketones is 1. The molecule has 0 aromatic heterocycles. The van der Waals surface area contributed by atoms with Gasteiger partial charge in [0.2, 0.25) is 5.91 Å². The van der Waals surface area contributed by atoms with E-state index in [9.17, 15) is 19.2 Å². The molecular weight excluding hydrogens is 456 g/mol. The van der Waals surface area contributed by atoms with E-state index in [4.69, 9.17) is 0 Å². The molecule has 1 N–H and O–H groups in total. The number of hydrogen-bond acceptors (Lipinski definition) is 4. The fourth-order valence-electron chi connectivity index (χ4n) is 5.67. The first kappa shape index (κ1) is 26.2. The molecule has 4 rings (SSSR count). The summed E-state index contributed by atoms with van der Waals surface area (Å²) >= 11 is 0. The summed E-state index contributed by atoms with van der Waals surface area (Å²) in [5.74, 6) is -0.451. The summed E-state index contributed by atoms with van der Waals surface area (Å²) in [5, 5.41) is 2.94. The van der Waals surface area contributed by atoms with E-state index in [-0.39, 0.29) is 47.5 Å². The highest BCUT2D eigenvalue weighted by atomic mass is 16.2. The Balaban J connectivity index is 1.47. The average molecular weight is 497 g/mol. The maximum absolute atomic E-state index is 13.7. The van der Waals surface area contributed by atoms with E-state index >= 15 is 0 Å². The van der Waals surface area contributed by atoms with E-state index in [1.165, 1.54) is 0 Å². The molecule has 0 saturated carbocycles. The molecule has 0 bridgehead atoms. The van der Waals surface area contributed by atoms with Crippen molar-refractivity contribution in [3.63, 3.8) is 0 Å². The first-order chi connectivity index (χ1) is 17.0. The van der Waals surface area contributed by atoms with Gasteiger partial charge in [-0.3, -0.25) is 14.4 Å². The summed E-state index contributed by atoms with van der Waals surface area (Å²) in [5.41, 5.74) is 1.61. The number of carbonyl (C=O) groups is 4. The Morgan fingerprint density at radius 1 is 1.00 bits per heavy atom. The summed E-state index contributed by atoms with van der Waals surface area (Å²) in [6.45, 7) is 12.3. The molecule has 3 saturated heterocycles. The predicted octanol–water partition coefficient (Wildman–Crippen LogP) is 3.20. The molecule has 3 fully saturated rings. The van der Waals surface area contributed by atoms with Crippen molar-refractivity contribution in [3.8, 4) is 0 Å². The van der Waals surface area contributed by atoms with Gasteiger partial charge in [-0.05, 0) is 54.7 Å². The first-order valence-corrected chi connectivity index (χ1v) is 13.3. The Labute approximate surface area is 214 Å². The quantitative estimate of drug-likeness (QED) is 0.678. The topological polar surface area (TPSA) is 90.0 Å². The van der Waals surface area contributed by atoms with Crippen LogP contribution in [0.4, 0.5) is 4.79 Å². The number of amides is 4. The summed E-state index contributed by atoms with van der Waals surface area (Å²) in [6, 6.07) is 5.76. The molecule has 0 aliphatic carbocycles. The molecule has 3 aliphatic heterocycles. The van der Waals surface area contributed by atoms with E-state index in [0.29, 0.717) is 24.9 Å². The summed E-state index contributed by atoms with van der Waals surface area (Å²) < 4.78 is 0. The van der Waals surface area contributed by atoms with Crippen LogP contribution in [-0.2, 0) is 15.0 Å². The van der Waals surface area contributed by atoms with Gasteiger partial charge in [0.25, 0.3) is 5.91 Å². The lowest BCUT2D eigenvalue weighted by atomic mass is 9.86. The second kappa shape index (κ2) is 10.2. The highest BCUT2D eigenvalue weighted by Crippen LogP contribution is 2.32. The van der Waals surface area contributed by atoms with Crippen molar-refractivity contribution >= 4 is 23.6 Å². The lowest BCUT2D eigenvalue weighted by molar-refractivity contribution is -0.138. The van der Waals surface area contributed by atoms with Crippen LogP contribution in [0.1, 0.15) is 76.2 Å². The van der Waals surface area contributed by atoms with Crippen molar-refractivity contribution in [1.82, 2.24) is 20.0 Å². The molecule has 3 aliphatic rings. The van der Waals surface area contributed by atoms with Gasteiger partial charge in [0, 0.05) is 25.2 Å². The van der Waals surface area contributed by atoms with E-state index in [1.807, 2.05) is 30.9 Å². The Hall–Kier alpha value is -2.90. The molecule has 0 spiro atoms. The normalized spacial score (nSPS) is 22.8. The van der Waals surface area contributed by atoms with E-state index < -0.39 is 12.1 Å². The number of nitrogens with one attached hydrogen (secondary N) is 1. The van der Waals surface area contributed by atoms with Crippen molar-refractivity contribution in [2.75, 3.05) is 26.2 Å². The fraction of sp³-hybridized carbons (Fsp3) is 0.643. The lowest BCUT2D eigenvalue weighted by Gasteiger charge is -2.30. The predicted molar refractivity (Wildman–Crippen MR) is 138 cm³/mol. The van der Waals surface area contributed by atoms with Gasteiger partial charge in [-0.2, -0.15) is 0 Å². The van der Waals surface area contributed by atoms with Crippen LogP contribution in [-0.4, -0.2) is 82.6 Å². The summed E-state index contributed by atoms with van der Waals surface area (Å²) in [4.78, 5) is 57.9. The molecule has 1 aromatic rings. The molecule has 3 atom stereocenters. The molecular formula is C28H40N4O4. The van der Waals surface area contributed by atoms with Gasteiger partial charge in [0.1, 0.15) is 12.1 Å². The zero-order valence-electron chi connectivity index (χ0n) is 22.3. The van der Waals surface area contributed by atoms with Crippen LogP contribution in [0.3, 0.4) is 0 Å². The summed E-state index contributed by atoms with van der Waals surface area (Å²) in [6.07, 6.45) is 3.03. The van der Waals surface area contributed by atoms with Crippen LogP contribution in [0.2, 0.25) is 0 Å². The number of hydrogen-bond donors (Lipinski definition) is 1. The standard InChI is InChI=1S/C28H40N4O4/c1-18(2)16-21(29-25(34)19-8-10-20(11-9-19)28(3,4)5)26(35)31-15-12-22-24(31)23(33)17-32(22)27(36)30-13-6-7-14-30/h8-11,18,21-22,24H,6-7,12-17H2,1-5H3,(H,29,34). The number of carbonyl (C=O) groups excluding carboxylic acids is 4. The molecule has 1 aromatic carbocycles. The van der Waals surface area contributed by atoms with Crippen LogP contribution >= 0.6 is 0 Å². The number of urea groups is 1. The van der Waals surface area contributed by atoms with Gasteiger partial charge in [-0.25, -0.2) is 4.79 Å². The maximum Gasteiger partial charge on any atom is 0.320 e. The third kappa shape index (κ3) is 5.27. The molecule has 8 nitrogen and oxygen atoms in total. The number of benzene rings is 1. The molecule has 8 heteroatoms. The van der Waals surface area contributed by atoms with E-state index in [0.717, 1.165) is 31.5 Å². The number of Topliss-reactive ketones (excluding diaryl/α,β-unsaturated/α-hetero) is 1. The number of nitrogens with zero attached hydrogens (tertiary/aromatic N) is 3. The highest BCUT2D eigenvalue weighted by molar-refractivity contribution is 6.00. The monoisotopic (exact) mass is 496 g/mol. The van der Waals surface area contributed by atoms with Crippen LogP contribution in [0.25, 0.3) is 0 Å². The number of likely N-dealkylation sites (tertiary alicyclic amines) is 3. The van der Waals surface area contributed by atoms with Gasteiger partial charge in [0.15, 0.2) is 5.78 Å². The van der Waals surface area contributed by atoms with Gasteiger partial charge >= 0.3 is 6.03 Å². The minimum Gasteiger partial charge on any atom is -0.340 e. The van der Waals surface area contributed by atoms with Crippen molar-refractivity contribution in [2.24, 2.45) is 5.92 Å². The molecule has 4 amide bonds. The zero-order chi connectivity index (χ0) is 26.2. The molecule has 0 radical (unpaired) electrons. The van der Waals surface area contributed by atoms with Gasteiger partial charge in [0.05, 0.1) is 12.6 Å². The largest absolute Gasteiger partial charge is 0.340 e. The van der Waals surface area contributed by atoms with Crippen molar-refractivity contribution in [1.29, 1.82) is 0 Å². The van der Waals surface area contributed by atoms with Crippen molar-refractivity contribution < 1.29 is 19.2 Å². The van der Waals surface area contributed by atoms with E-state index in [2.05, 4.69) is 26.1 Å². The van der Waals surface area contributed by atoms with Gasteiger partial charge in [-0.1, -0.05) is 46.8 Å². The van der Waals surface area contributed by atoms with Crippen LogP contribution < -0.4 is 5.32 Å². The molecule has 3 heterocycles. The second-order valence-electron chi connectivity index (χ2n) is 11.9. The summed E-state index contributed by atoms with van der Waals surface area (Å²) in [7, 11) is 0. The van der Waals surface area contributed by atoms with Crippen LogP contribution in [0.5, 0.6) is 0 Å².